The molecule has 0 aromatic heterocycles. The van der Waals surface area contributed by atoms with Crippen molar-refractivity contribution in [1.29, 1.82) is 0 Å². The lowest BCUT2D eigenvalue weighted by Gasteiger charge is -2.16. The van der Waals surface area contributed by atoms with E-state index in [0.717, 1.165) is 29.7 Å². The molecule has 0 radical (unpaired) electrons. The van der Waals surface area contributed by atoms with Gasteiger partial charge in [0.15, 0.2) is 0 Å². The van der Waals surface area contributed by atoms with Crippen molar-refractivity contribution in [3.05, 3.63) is 70.8 Å². The summed E-state index contributed by atoms with van der Waals surface area (Å²) in [6, 6.07) is 15.9. The fourth-order valence-electron chi connectivity index (χ4n) is 3.18. The molecule has 1 heterocycles. The average Bonchev–Trinajstić information content (AvgIpc) is 3.03. The first-order valence-electron chi connectivity index (χ1n) is 9.03. The van der Waals surface area contributed by atoms with E-state index in [4.69, 9.17) is 0 Å². The summed E-state index contributed by atoms with van der Waals surface area (Å²) in [5.41, 5.74) is 4.38. The summed E-state index contributed by atoms with van der Waals surface area (Å²) in [6.45, 7) is 4.48. The number of aryl methyl sites for hydroxylation is 1. The number of nitrogens with one attached hydrogen (secondary N) is 2. The van der Waals surface area contributed by atoms with Crippen molar-refractivity contribution in [2.45, 2.75) is 39.4 Å². The Morgan fingerprint density at radius 1 is 1.00 bits per heavy atom. The summed E-state index contributed by atoms with van der Waals surface area (Å²) >= 11 is 0. The molecule has 2 aromatic rings. The van der Waals surface area contributed by atoms with Crippen molar-refractivity contribution in [3.63, 3.8) is 0 Å². The van der Waals surface area contributed by atoms with Gasteiger partial charge in [-0.25, -0.2) is 4.79 Å². The summed E-state index contributed by atoms with van der Waals surface area (Å²) in [5.74, 6) is 0.226. The standard InChI is InChI=1S/C21H25N3O2/c1-16-5-2-6-17(11-16)13-22-21(26)23-14-18-7-3-8-19(12-18)15-24-10-4-9-20(24)25/h2-3,5-8,11-12H,4,9-10,13-15H2,1H3,(H2,22,23,26). The molecule has 1 aliphatic rings. The molecule has 3 amide bonds. The van der Waals surface area contributed by atoms with Crippen molar-refractivity contribution in [2.75, 3.05) is 6.54 Å². The third-order valence-electron chi connectivity index (χ3n) is 4.52. The highest BCUT2D eigenvalue weighted by Crippen LogP contribution is 2.15. The summed E-state index contributed by atoms with van der Waals surface area (Å²) in [4.78, 5) is 25.6. The van der Waals surface area contributed by atoms with Crippen LogP contribution in [-0.2, 0) is 24.4 Å². The Balaban J connectivity index is 1.47. The first kappa shape index (κ1) is 18.0. The molecule has 136 valence electrons. The van der Waals surface area contributed by atoms with Crippen LogP contribution in [0.4, 0.5) is 4.79 Å². The highest BCUT2D eigenvalue weighted by Gasteiger charge is 2.19. The molecule has 1 fully saturated rings. The van der Waals surface area contributed by atoms with Gasteiger partial charge < -0.3 is 15.5 Å². The molecule has 5 nitrogen and oxygen atoms in total. The predicted octanol–water partition coefficient (Wildman–Crippen LogP) is 3.12. The van der Waals surface area contributed by atoms with Gasteiger partial charge in [-0.1, -0.05) is 54.1 Å². The molecule has 1 saturated heterocycles. The fraction of sp³-hybridized carbons (Fsp3) is 0.333. The van der Waals surface area contributed by atoms with Crippen LogP contribution in [0.5, 0.6) is 0 Å². The van der Waals surface area contributed by atoms with Gasteiger partial charge in [-0.15, -0.1) is 0 Å². The van der Waals surface area contributed by atoms with Crippen LogP contribution in [0.1, 0.15) is 35.1 Å². The van der Waals surface area contributed by atoms with Gasteiger partial charge in [-0.05, 0) is 30.0 Å². The van der Waals surface area contributed by atoms with Crippen LogP contribution in [-0.4, -0.2) is 23.4 Å². The summed E-state index contributed by atoms with van der Waals surface area (Å²) in [6.07, 6.45) is 1.60. The highest BCUT2D eigenvalue weighted by molar-refractivity contribution is 5.78. The van der Waals surface area contributed by atoms with E-state index in [0.29, 0.717) is 26.1 Å². The van der Waals surface area contributed by atoms with Crippen molar-refractivity contribution in [3.8, 4) is 0 Å². The summed E-state index contributed by atoms with van der Waals surface area (Å²) < 4.78 is 0. The maximum Gasteiger partial charge on any atom is 0.315 e. The molecule has 0 spiro atoms. The number of hydrogen-bond acceptors (Lipinski definition) is 2. The Morgan fingerprint density at radius 3 is 2.31 bits per heavy atom. The second-order valence-electron chi connectivity index (χ2n) is 6.76. The lowest BCUT2D eigenvalue weighted by molar-refractivity contribution is -0.128. The summed E-state index contributed by atoms with van der Waals surface area (Å²) in [5, 5.41) is 5.76. The van der Waals surface area contributed by atoms with E-state index in [9.17, 15) is 9.59 Å². The van der Waals surface area contributed by atoms with E-state index in [1.54, 1.807) is 0 Å². The van der Waals surface area contributed by atoms with E-state index in [-0.39, 0.29) is 11.9 Å². The molecule has 5 heteroatoms. The van der Waals surface area contributed by atoms with E-state index in [1.807, 2.05) is 54.3 Å². The van der Waals surface area contributed by atoms with Gasteiger partial charge in [0.05, 0.1) is 0 Å². The number of amides is 3. The molecule has 0 atom stereocenters. The number of carbonyl (C=O) groups excluding carboxylic acids is 2. The maximum atomic E-state index is 12.0. The Kier molecular flexibility index (Phi) is 5.89. The minimum absolute atomic E-state index is 0.188. The second kappa shape index (κ2) is 8.52. The van der Waals surface area contributed by atoms with Crippen molar-refractivity contribution in [2.24, 2.45) is 0 Å². The van der Waals surface area contributed by atoms with Crippen LogP contribution in [0.3, 0.4) is 0 Å². The summed E-state index contributed by atoms with van der Waals surface area (Å²) in [7, 11) is 0. The minimum atomic E-state index is -0.188. The number of rotatable bonds is 6. The maximum absolute atomic E-state index is 12.0. The second-order valence-corrected chi connectivity index (χ2v) is 6.76. The number of likely N-dealkylation sites (tertiary alicyclic amines) is 1. The van der Waals surface area contributed by atoms with E-state index >= 15 is 0 Å². The van der Waals surface area contributed by atoms with Gasteiger partial charge in [0.2, 0.25) is 5.91 Å². The molecular formula is C21H25N3O2. The smallest absolute Gasteiger partial charge is 0.315 e. The molecule has 2 aromatic carbocycles. The Hall–Kier alpha value is -2.82. The highest BCUT2D eigenvalue weighted by atomic mass is 16.2. The zero-order valence-electron chi connectivity index (χ0n) is 15.1. The number of carbonyl (C=O) groups is 2. The molecule has 0 saturated carbocycles. The molecule has 0 aliphatic carbocycles. The quantitative estimate of drug-likeness (QED) is 0.840. The molecule has 26 heavy (non-hydrogen) atoms. The number of nitrogens with zero attached hydrogens (tertiary/aromatic N) is 1. The Morgan fingerprint density at radius 2 is 1.65 bits per heavy atom. The Bertz CT molecular complexity index is 788. The largest absolute Gasteiger partial charge is 0.338 e. The van der Waals surface area contributed by atoms with Gasteiger partial charge in [0.1, 0.15) is 0 Å². The van der Waals surface area contributed by atoms with Crippen LogP contribution >= 0.6 is 0 Å². The SMILES string of the molecule is Cc1cccc(CNC(=O)NCc2cccc(CN3CCCC3=O)c2)c1. The first-order valence-corrected chi connectivity index (χ1v) is 9.03. The third-order valence-corrected chi connectivity index (χ3v) is 4.52. The number of hydrogen-bond donors (Lipinski definition) is 2. The third kappa shape index (κ3) is 5.09. The molecule has 0 bridgehead atoms. The fourth-order valence-corrected chi connectivity index (χ4v) is 3.18. The molecule has 3 rings (SSSR count). The van der Waals surface area contributed by atoms with Crippen LogP contribution < -0.4 is 10.6 Å². The topological polar surface area (TPSA) is 61.4 Å². The molecular weight excluding hydrogens is 326 g/mol. The van der Waals surface area contributed by atoms with Crippen LogP contribution in [0.25, 0.3) is 0 Å². The number of urea groups is 1. The first-order chi connectivity index (χ1) is 12.6. The van der Waals surface area contributed by atoms with E-state index in [2.05, 4.69) is 16.7 Å². The zero-order valence-corrected chi connectivity index (χ0v) is 15.1. The number of benzene rings is 2. The van der Waals surface area contributed by atoms with E-state index < -0.39 is 0 Å². The average molecular weight is 351 g/mol. The van der Waals surface area contributed by atoms with Gasteiger partial charge >= 0.3 is 6.03 Å². The lowest BCUT2D eigenvalue weighted by Crippen LogP contribution is -2.34. The molecule has 1 aliphatic heterocycles. The van der Waals surface area contributed by atoms with Crippen LogP contribution in [0, 0.1) is 6.92 Å². The minimum Gasteiger partial charge on any atom is -0.338 e. The van der Waals surface area contributed by atoms with Crippen molar-refractivity contribution >= 4 is 11.9 Å². The zero-order chi connectivity index (χ0) is 18.4. The normalized spacial score (nSPS) is 13.7. The van der Waals surface area contributed by atoms with Gasteiger partial charge in [0, 0.05) is 32.6 Å². The molecule has 2 N–H and O–H groups in total. The van der Waals surface area contributed by atoms with Crippen LogP contribution in [0.15, 0.2) is 48.5 Å². The van der Waals surface area contributed by atoms with Crippen molar-refractivity contribution in [1.82, 2.24) is 15.5 Å². The lowest BCUT2D eigenvalue weighted by atomic mass is 10.1. The van der Waals surface area contributed by atoms with E-state index in [1.165, 1.54) is 5.56 Å². The molecule has 0 unspecified atom stereocenters. The van der Waals surface area contributed by atoms with Gasteiger partial charge in [-0.2, -0.15) is 0 Å². The van der Waals surface area contributed by atoms with Crippen LogP contribution in [0.2, 0.25) is 0 Å². The van der Waals surface area contributed by atoms with Crippen molar-refractivity contribution < 1.29 is 9.59 Å². The van der Waals surface area contributed by atoms with Gasteiger partial charge in [0.25, 0.3) is 0 Å². The van der Waals surface area contributed by atoms with Gasteiger partial charge in [-0.3, -0.25) is 4.79 Å². The Labute approximate surface area is 154 Å². The predicted molar refractivity (Wildman–Crippen MR) is 101 cm³/mol. The monoisotopic (exact) mass is 351 g/mol.